The number of hydrogen-bond acceptors (Lipinski definition) is 7. The number of amides is 1. The number of nitrogens with zero attached hydrogens (tertiary/aromatic N) is 5. The molecular weight excluding hydrogens is 612 g/mol. The summed E-state index contributed by atoms with van der Waals surface area (Å²) >= 11 is 0. The van der Waals surface area contributed by atoms with Crippen LogP contribution in [-0.2, 0) is 17.3 Å². The molecule has 1 aliphatic heterocycles. The van der Waals surface area contributed by atoms with E-state index < -0.39 is 0 Å². The molecule has 1 amide bonds. The summed E-state index contributed by atoms with van der Waals surface area (Å²) < 4.78 is 8.14. The van der Waals surface area contributed by atoms with Crippen molar-refractivity contribution >= 4 is 34.3 Å². The molecule has 10 nitrogen and oxygen atoms in total. The third-order valence-electron chi connectivity index (χ3n) is 9.54. The Labute approximate surface area is 286 Å². The molecule has 250 valence electrons. The fourth-order valence-corrected chi connectivity index (χ4v) is 6.56. The van der Waals surface area contributed by atoms with Crippen LogP contribution in [0.25, 0.3) is 22.2 Å². The number of rotatable bonds is 10. The number of nitrogens with one attached hydrogen (secondary N) is 3. The van der Waals surface area contributed by atoms with Crippen LogP contribution in [0.5, 0.6) is 5.75 Å². The van der Waals surface area contributed by atoms with Crippen LogP contribution in [0.2, 0.25) is 0 Å². The lowest BCUT2D eigenvalue weighted by molar-refractivity contribution is -0.117. The topological polar surface area (TPSA) is 113 Å². The molecule has 10 heteroatoms. The second-order valence-electron chi connectivity index (χ2n) is 13.4. The number of H-pyrrole nitrogens is 1. The van der Waals surface area contributed by atoms with Crippen LogP contribution in [0.4, 0.5) is 17.5 Å². The number of carbonyl (C=O) groups is 1. The number of fused-ring (bicyclic) bond motifs is 1. The van der Waals surface area contributed by atoms with Crippen LogP contribution in [0, 0.1) is 13.8 Å². The predicted molar refractivity (Wildman–Crippen MR) is 194 cm³/mol. The van der Waals surface area contributed by atoms with E-state index in [1.807, 2.05) is 57.4 Å². The Bertz CT molecular complexity index is 2080. The Morgan fingerprint density at radius 2 is 1.80 bits per heavy atom. The summed E-state index contributed by atoms with van der Waals surface area (Å²) in [5.74, 6) is 1.94. The largest absolute Gasteiger partial charge is 0.489 e. The second-order valence-corrected chi connectivity index (χ2v) is 13.4. The molecule has 49 heavy (non-hydrogen) atoms. The van der Waals surface area contributed by atoms with Gasteiger partial charge in [0.15, 0.2) is 5.82 Å². The van der Waals surface area contributed by atoms with Gasteiger partial charge in [-0.15, -0.1) is 0 Å². The number of aryl methyl sites for hydroxylation is 3. The molecule has 3 N–H and O–H groups in total. The highest BCUT2D eigenvalue weighted by atomic mass is 16.5. The van der Waals surface area contributed by atoms with Crippen LogP contribution >= 0.6 is 0 Å². The molecule has 0 saturated carbocycles. The SMILES string of the molecule is Cc1cnc(Nc2cc(C)n(C)n2)nc1-c1c[nH]c2c(NC(=O)CN3CC[C@H](Oc4ccc(C(C)(C)c5ccccc5)cc4)C3)cccc12. The van der Waals surface area contributed by atoms with Gasteiger partial charge in [-0.1, -0.05) is 68.4 Å². The zero-order valence-electron chi connectivity index (χ0n) is 28.6. The molecule has 1 fully saturated rings. The van der Waals surface area contributed by atoms with E-state index in [0.29, 0.717) is 24.9 Å². The summed E-state index contributed by atoms with van der Waals surface area (Å²) in [5.41, 5.74) is 7.71. The molecular formula is C39H42N8O2. The summed E-state index contributed by atoms with van der Waals surface area (Å²) in [5, 5.41) is 11.8. The van der Waals surface area contributed by atoms with Gasteiger partial charge in [0.25, 0.3) is 0 Å². The van der Waals surface area contributed by atoms with Crippen molar-refractivity contribution in [2.45, 2.75) is 45.6 Å². The summed E-state index contributed by atoms with van der Waals surface area (Å²) in [6.45, 7) is 10.3. The summed E-state index contributed by atoms with van der Waals surface area (Å²) in [6.07, 6.45) is 4.64. The molecule has 0 bridgehead atoms. The lowest BCUT2D eigenvalue weighted by Crippen LogP contribution is -2.33. The number of benzene rings is 3. The van der Waals surface area contributed by atoms with Crippen molar-refractivity contribution in [1.82, 2.24) is 29.6 Å². The lowest BCUT2D eigenvalue weighted by Gasteiger charge is -2.26. The maximum absolute atomic E-state index is 13.3. The number of likely N-dealkylation sites (tertiary alicyclic amines) is 1. The van der Waals surface area contributed by atoms with Crippen molar-refractivity contribution < 1.29 is 9.53 Å². The zero-order valence-corrected chi connectivity index (χ0v) is 28.6. The molecule has 4 heterocycles. The van der Waals surface area contributed by atoms with Gasteiger partial charge in [-0.05, 0) is 55.2 Å². The number of carbonyl (C=O) groups excluding carboxylic acids is 1. The van der Waals surface area contributed by atoms with E-state index in [0.717, 1.165) is 57.8 Å². The quantitative estimate of drug-likeness (QED) is 0.144. The van der Waals surface area contributed by atoms with E-state index in [1.54, 1.807) is 10.9 Å². The second kappa shape index (κ2) is 13.2. The van der Waals surface area contributed by atoms with E-state index in [4.69, 9.17) is 9.72 Å². The molecule has 3 aromatic carbocycles. The summed E-state index contributed by atoms with van der Waals surface area (Å²) in [7, 11) is 1.90. The van der Waals surface area contributed by atoms with E-state index >= 15 is 0 Å². The van der Waals surface area contributed by atoms with Crippen molar-refractivity contribution in [3.8, 4) is 17.0 Å². The fourth-order valence-electron chi connectivity index (χ4n) is 6.56. The van der Waals surface area contributed by atoms with Gasteiger partial charge in [-0.25, -0.2) is 9.97 Å². The van der Waals surface area contributed by atoms with Crippen molar-refractivity contribution in [3.05, 3.63) is 114 Å². The Hall–Kier alpha value is -5.48. The standard InChI is InChI=1S/C39H42N8O2/c1-25-21-41-38(43-34-20-26(2)46(5)45-34)44-36(25)32-22-40-37-31(32)12-9-13-33(37)42-35(48)24-47-19-18-30(23-47)49-29-16-14-28(15-17-29)39(3,4)27-10-7-6-8-11-27/h6-17,20-22,30,40H,18-19,23-24H2,1-5H3,(H,42,48)(H,41,43,44,45)/t30-/m0/s1. The van der Waals surface area contributed by atoms with Crippen LogP contribution in [0.3, 0.4) is 0 Å². The molecule has 1 aliphatic rings. The van der Waals surface area contributed by atoms with Gasteiger partial charge in [0.05, 0.1) is 23.4 Å². The molecule has 0 aliphatic carbocycles. The number of aromatic amines is 1. The third-order valence-corrected chi connectivity index (χ3v) is 9.54. The van der Waals surface area contributed by atoms with Crippen molar-refractivity contribution in [2.24, 2.45) is 7.05 Å². The van der Waals surface area contributed by atoms with Gasteiger partial charge in [0, 0.05) is 60.7 Å². The first kappa shape index (κ1) is 32.1. The highest BCUT2D eigenvalue weighted by molar-refractivity contribution is 6.06. The smallest absolute Gasteiger partial charge is 0.238 e. The molecule has 1 atom stereocenters. The minimum atomic E-state index is -0.0983. The van der Waals surface area contributed by atoms with E-state index in [1.165, 1.54) is 11.1 Å². The Kier molecular flexibility index (Phi) is 8.64. The van der Waals surface area contributed by atoms with Gasteiger partial charge >= 0.3 is 0 Å². The number of anilines is 3. The zero-order chi connectivity index (χ0) is 34.1. The Morgan fingerprint density at radius 3 is 2.55 bits per heavy atom. The lowest BCUT2D eigenvalue weighted by atomic mass is 9.78. The van der Waals surface area contributed by atoms with Crippen molar-refractivity contribution in [3.63, 3.8) is 0 Å². The van der Waals surface area contributed by atoms with E-state index in [-0.39, 0.29) is 17.4 Å². The summed E-state index contributed by atoms with van der Waals surface area (Å²) in [4.78, 5) is 28.1. The van der Waals surface area contributed by atoms with Gasteiger partial charge in [0.2, 0.25) is 11.9 Å². The number of aromatic nitrogens is 5. The first-order chi connectivity index (χ1) is 23.6. The van der Waals surface area contributed by atoms with Crippen LogP contribution in [0.1, 0.15) is 42.7 Å². The Morgan fingerprint density at radius 1 is 1.02 bits per heavy atom. The van der Waals surface area contributed by atoms with Gasteiger partial charge in [0.1, 0.15) is 11.9 Å². The molecule has 1 saturated heterocycles. The van der Waals surface area contributed by atoms with Crippen molar-refractivity contribution in [1.29, 1.82) is 0 Å². The van der Waals surface area contributed by atoms with Crippen LogP contribution in [0.15, 0.2) is 91.3 Å². The fraction of sp³-hybridized carbons (Fsp3) is 0.282. The van der Waals surface area contributed by atoms with Gasteiger partial charge < -0.3 is 20.4 Å². The molecule has 0 radical (unpaired) electrons. The average molecular weight is 655 g/mol. The third kappa shape index (κ3) is 6.77. The minimum Gasteiger partial charge on any atom is -0.489 e. The molecule has 6 aromatic rings. The minimum absolute atomic E-state index is 0.0346. The Balaban J connectivity index is 0.975. The predicted octanol–water partition coefficient (Wildman–Crippen LogP) is 7.14. The summed E-state index contributed by atoms with van der Waals surface area (Å²) in [6, 6.07) is 26.8. The molecule has 7 rings (SSSR count). The van der Waals surface area contributed by atoms with E-state index in [9.17, 15) is 4.79 Å². The molecule has 0 unspecified atom stereocenters. The monoisotopic (exact) mass is 654 g/mol. The normalized spacial score (nSPS) is 15.1. The van der Waals surface area contributed by atoms with Crippen molar-refractivity contribution in [2.75, 3.05) is 30.3 Å². The first-order valence-electron chi connectivity index (χ1n) is 16.7. The maximum atomic E-state index is 13.3. The maximum Gasteiger partial charge on any atom is 0.238 e. The van der Waals surface area contributed by atoms with E-state index in [2.05, 4.69) is 93.0 Å². The highest BCUT2D eigenvalue weighted by Crippen LogP contribution is 2.34. The van der Waals surface area contributed by atoms with Gasteiger partial charge in [-0.3, -0.25) is 14.4 Å². The molecule has 0 spiro atoms. The number of hydrogen-bond donors (Lipinski definition) is 3. The average Bonchev–Trinajstić information content (AvgIpc) is 3.81. The number of ether oxygens (including phenoxy) is 1. The molecule has 3 aromatic heterocycles. The first-order valence-corrected chi connectivity index (χ1v) is 16.7. The number of para-hydroxylation sites is 1. The van der Waals surface area contributed by atoms with Crippen LogP contribution in [-0.4, -0.2) is 61.3 Å². The van der Waals surface area contributed by atoms with Gasteiger partial charge in [-0.2, -0.15) is 5.10 Å². The highest BCUT2D eigenvalue weighted by Gasteiger charge is 2.27. The van der Waals surface area contributed by atoms with Crippen LogP contribution < -0.4 is 15.4 Å².